The normalized spacial score (nSPS) is 56.7. The third kappa shape index (κ3) is 1.14. The van der Waals surface area contributed by atoms with E-state index in [4.69, 9.17) is 9.47 Å². The van der Waals surface area contributed by atoms with Gasteiger partial charge in [-0.25, -0.2) is 0 Å². The van der Waals surface area contributed by atoms with E-state index in [1.807, 2.05) is 13.0 Å². The fourth-order valence-electron chi connectivity index (χ4n) is 4.87. The fourth-order valence-corrected chi connectivity index (χ4v) is 4.87. The number of carbonyl (C=O) groups excluding carboxylic acids is 1. The predicted octanol–water partition coefficient (Wildman–Crippen LogP) is 0.191. The molecule has 2 N–H and O–H groups in total. The summed E-state index contributed by atoms with van der Waals surface area (Å²) in [5.74, 6) is 0.0516. The minimum atomic E-state index is -0.686. The van der Waals surface area contributed by atoms with Gasteiger partial charge in [0, 0.05) is 17.3 Å². The summed E-state index contributed by atoms with van der Waals surface area (Å²) >= 11 is 0. The molecule has 0 radical (unpaired) electrons. The van der Waals surface area contributed by atoms with Crippen LogP contribution in [0.4, 0.5) is 0 Å². The zero-order valence-corrected chi connectivity index (χ0v) is 11.8. The Labute approximate surface area is 117 Å². The molecule has 2 bridgehead atoms. The van der Waals surface area contributed by atoms with Crippen LogP contribution in [0.2, 0.25) is 0 Å². The maximum Gasteiger partial charge on any atom is 0.159 e. The van der Waals surface area contributed by atoms with Gasteiger partial charge in [-0.2, -0.15) is 0 Å². The van der Waals surface area contributed by atoms with Gasteiger partial charge in [0.15, 0.2) is 5.78 Å². The average Bonchev–Trinajstić information content (AvgIpc) is 3.16. The average molecular weight is 280 g/mol. The molecule has 5 nitrogen and oxygen atoms in total. The molecule has 0 unspecified atom stereocenters. The molecule has 0 aromatic rings. The molecule has 1 saturated carbocycles. The lowest BCUT2D eigenvalue weighted by Gasteiger charge is -2.56. The molecule has 0 amide bonds. The molecule has 2 heterocycles. The largest absolute Gasteiger partial charge is 0.396 e. The molecule has 1 spiro atoms. The number of Topliss-reactive ketones (excluding diaryl/α,β-unsaturated/α-hetero) is 1. The van der Waals surface area contributed by atoms with E-state index < -0.39 is 22.5 Å². The first-order chi connectivity index (χ1) is 9.40. The molecule has 3 fully saturated rings. The van der Waals surface area contributed by atoms with E-state index in [0.717, 1.165) is 0 Å². The molecule has 2 saturated heterocycles. The summed E-state index contributed by atoms with van der Waals surface area (Å²) in [6.07, 6.45) is 1.31. The summed E-state index contributed by atoms with van der Waals surface area (Å²) in [7, 11) is 0. The molecule has 2 aliphatic carbocycles. The van der Waals surface area contributed by atoms with Gasteiger partial charge in [-0.15, -0.1) is 0 Å². The maximum atomic E-state index is 12.2. The maximum absolute atomic E-state index is 12.2. The first kappa shape index (κ1) is 13.0. The molecule has 110 valence electrons. The van der Waals surface area contributed by atoms with E-state index in [9.17, 15) is 15.0 Å². The third-order valence-corrected chi connectivity index (χ3v) is 6.35. The topological polar surface area (TPSA) is 79.3 Å². The molecule has 5 heteroatoms. The minimum Gasteiger partial charge on any atom is -0.396 e. The summed E-state index contributed by atoms with van der Waals surface area (Å²) in [5.41, 5.74) is -0.961. The van der Waals surface area contributed by atoms with Gasteiger partial charge in [0.1, 0.15) is 11.7 Å². The Bertz CT molecular complexity index is 522. The quantitative estimate of drug-likeness (QED) is 0.670. The summed E-state index contributed by atoms with van der Waals surface area (Å²) in [6, 6.07) is 0. The number of hydrogen-bond acceptors (Lipinski definition) is 5. The second-order valence-electron chi connectivity index (χ2n) is 7.02. The Morgan fingerprint density at radius 2 is 2.20 bits per heavy atom. The van der Waals surface area contributed by atoms with Crippen LogP contribution in [0, 0.1) is 10.8 Å². The molecule has 4 rings (SSSR count). The van der Waals surface area contributed by atoms with E-state index >= 15 is 0 Å². The lowest BCUT2D eigenvalue weighted by molar-refractivity contribution is -0.215. The number of carbonyl (C=O) groups is 1. The minimum absolute atomic E-state index is 0.0516. The number of aliphatic hydroxyl groups is 2. The number of ether oxygens (including phenoxy) is 2. The highest BCUT2D eigenvalue weighted by atomic mass is 16.6. The molecule has 4 aliphatic rings. The van der Waals surface area contributed by atoms with Gasteiger partial charge in [-0.1, -0.05) is 6.92 Å². The van der Waals surface area contributed by atoms with Crippen LogP contribution in [0.25, 0.3) is 0 Å². The van der Waals surface area contributed by atoms with Crippen LogP contribution in [0.15, 0.2) is 11.6 Å². The molecule has 2 aliphatic heterocycles. The zero-order chi connectivity index (χ0) is 14.3. The van der Waals surface area contributed by atoms with Crippen LogP contribution in [-0.4, -0.2) is 53.1 Å². The van der Waals surface area contributed by atoms with Crippen molar-refractivity contribution in [2.24, 2.45) is 10.8 Å². The van der Waals surface area contributed by atoms with Crippen molar-refractivity contribution in [3.63, 3.8) is 0 Å². The van der Waals surface area contributed by atoms with Crippen molar-refractivity contribution in [2.75, 3.05) is 13.2 Å². The number of fused-ring (bicyclic) bond motifs is 2. The van der Waals surface area contributed by atoms with Gasteiger partial charge in [-0.3, -0.25) is 4.79 Å². The Kier molecular flexibility index (Phi) is 2.28. The Balaban J connectivity index is 1.90. The molecular formula is C15H20O5. The summed E-state index contributed by atoms with van der Waals surface area (Å²) in [4.78, 5) is 12.2. The van der Waals surface area contributed by atoms with Crippen molar-refractivity contribution in [2.45, 2.75) is 50.6 Å². The van der Waals surface area contributed by atoms with Crippen LogP contribution >= 0.6 is 0 Å². The van der Waals surface area contributed by atoms with E-state index in [0.29, 0.717) is 18.6 Å². The lowest BCUT2D eigenvalue weighted by Crippen LogP contribution is -2.65. The van der Waals surface area contributed by atoms with Gasteiger partial charge >= 0.3 is 0 Å². The molecule has 0 aromatic carbocycles. The second kappa shape index (κ2) is 3.53. The third-order valence-electron chi connectivity index (χ3n) is 6.35. The standard InChI is InChI=1S/C15H20O5/c1-8-3-11-14(6-16,5-9(8)17)13(2)4-10(18)12(20-11)15(13)7-19-15/h3,10-12,16,18H,4-7H2,1-2H3/t10-,11-,12-,13-,14-,15+/m1/s1. The zero-order valence-electron chi connectivity index (χ0n) is 11.8. The Morgan fingerprint density at radius 1 is 1.50 bits per heavy atom. The van der Waals surface area contributed by atoms with Crippen molar-refractivity contribution in [3.05, 3.63) is 11.6 Å². The molecule has 0 aromatic heterocycles. The summed E-state index contributed by atoms with van der Waals surface area (Å²) < 4.78 is 11.8. The lowest BCUT2D eigenvalue weighted by atomic mass is 9.52. The van der Waals surface area contributed by atoms with Gasteiger partial charge in [0.2, 0.25) is 0 Å². The van der Waals surface area contributed by atoms with Gasteiger partial charge in [0.05, 0.1) is 25.4 Å². The summed E-state index contributed by atoms with van der Waals surface area (Å²) in [5, 5.41) is 20.5. The van der Waals surface area contributed by atoms with Crippen LogP contribution in [-0.2, 0) is 14.3 Å². The van der Waals surface area contributed by atoms with Crippen molar-refractivity contribution in [1.29, 1.82) is 0 Å². The van der Waals surface area contributed by atoms with Crippen molar-refractivity contribution in [1.82, 2.24) is 0 Å². The van der Waals surface area contributed by atoms with Gasteiger partial charge in [0.25, 0.3) is 0 Å². The molecule has 20 heavy (non-hydrogen) atoms. The first-order valence-corrected chi connectivity index (χ1v) is 7.20. The van der Waals surface area contributed by atoms with Crippen LogP contribution in [0.3, 0.4) is 0 Å². The van der Waals surface area contributed by atoms with E-state index in [1.54, 1.807) is 6.92 Å². The van der Waals surface area contributed by atoms with E-state index in [2.05, 4.69) is 0 Å². The number of epoxide rings is 1. The second-order valence-corrected chi connectivity index (χ2v) is 7.02. The van der Waals surface area contributed by atoms with E-state index in [1.165, 1.54) is 0 Å². The number of hydrogen-bond donors (Lipinski definition) is 2. The van der Waals surface area contributed by atoms with Crippen molar-refractivity contribution < 1.29 is 24.5 Å². The Morgan fingerprint density at radius 3 is 2.80 bits per heavy atom. The number of ketones is 1. The molecule has 6 atom stereocenters. The number of allylic oxidation sites excluding steroid dienone is 1. The number of rotatable bonds is 1. The fraction of sp³-hybridized carbons (Fsp3) is 0.800. The number of aliphatic hydroxyl groups excluding tert-OH is 2. The van der Waals surface area contributed by atoms with Gasteiger partial charge in [-0.05, 0) is 25.0 Å². The van der Waals surface area contributed by atoms with Crippen LogP contribution < -0.4 is 0 Å². The monoisotopic (exact) mass is 280 g/mol. The molecular weight excluding hydrogens is 260 g/mol. The van der Waals surface area contributed by atoms with Gasteiger partial charge < -0.3 is 19.7 Å². The highest BCUT2D eigenvalue weighted by Crippen LogP contribution is 2.70. The highest BCUT2D eigenvalue weighted by Gasteiger charge is 2.81. The highest BCUT2D eigenvalue weighted by molar-refractivity contribution is 5.96. The van der Waals surface area contributed by atoms with Crippen molar-refractivity contribution in [3.8, 4) is 0 Å². The predicted molar refractivity (Wildman–Crippen MR) is 69.0 cm³/mol. The van der Waals surface area contributed by atoms with E-state index in [-0.39, 0.29) is 31.0 Å². The van der Waals surface area contributed by atoms with Crippen molar-refractivity contribution >= 4 is 5.78 Å². The van der Waals surface area contributed by atoms with Crippen LogP contribution in [0.1, 0.15) is 26.7 Å². The first-order valence-electron chi connectivity index (χ1n) is 7.20. The van der Waals surface area contributed by atoms with Crippen LogP contribution in [0.5, 0.6) is 0 Å². The SMILES string of the molecule is CC1=C[C@H]2O[C@@H]3[C@H](O)C[C@](C)([C@@]2(CO)CC1=O)[C@]31CO1. The Hall–Kier alpha value is -0.750. The summed E-state index contributed by atoms with van der Waals surface area (Å²) in [6.45, 7) is 4.23. The smallest absolute Gasteiger partial charge is 0.159 e.